The highest BCUT2D eigenvalue weighted by Crippen LogP contribution is 2.39. The van der Waals surface area contributed by atoms with E-state index in [4.69, 9.17) is 19.9 Å². The second-order valence-electron chi connectivity index (χ2n) is 6.77. The molecule has 0 fully saturated rings. The molecule has 4 aromatic heterocycles. The molecule has 0 aliphatic rings. The van der Waals surface area contributed by atoms with E-state index in [2.05, 4.69) is 24.3 Å². The summed E-state index contributed by atoms with van der Waals surface area (Å²) in [7, 11) is 0. The molecule has 0 bridgehead atoms. The maximum Gasteiger partial charge on any atom is 0.126 e. The van der Waals surface area contributed by atoms with Crippen LogP contribution in [0.1, 0.15) is 0 Å². The molecule has 0 spiro atoms. The maximum absolute atomic E-state index is 4.84. The van der Waals surface area contributed by atoms with Crippen molar-refractivity contribution in [1.29, 1.82) is 0 Å². The lowest BCUT2D eigenvalue weighted by molar-refractivity contribution is 1.24. The minimum Gasteiger partial charge on any atom is -0.254 e. The first-order chi connectivity index (χ1) is 14.9. The fourth-order valence-corrected chi connectivity index (χ4v) is 5.49. The number of thiazole rings is 2. The zero-order valence-electron chi connectivity index (χ0n) is 15.7. The number of nitrogens with zero attached hydrogens (tertiary/aromatic N) is 4. The molecule has 4 nitrogen and oxygen atoms in total. The number of aromatic nitrogens is 4. The molecule has 142 valence electrons. The number of benzene rings is 2. The highest BCUT2D eigenvalue weighted by Gasteiger charge is 2.19. The van der Waals surface area contributed by atoms with Gasteiger partial charge in [0.25, 0.3) is 0 Å². The van der Waals surface area contributed by atoms with Crippen molar-refractivity contribution in [3.8, 4) is 32.5 Å². The summed E-state index contributed by atoms with van der Waals surface area (Å²) in [5.74, 6) is 0. The van der Waals surface area contributed by atoms with Crippen LogP contribution in [0.4, 0.5) is 0 Å². The summed E-state index contributed by atoms with van der Waals surface area (Å²) >= 11 is 3.35. The average Bonchev–Trinajstić information content (AvgIpc) is 3.43. The van der Waals surface area contributed by atoms with E-state index < -0.39 is 0 Å². The van der Waals surface area contributed by atoms with Gasteiger partial charge in [-0.1, -0.05) is 24.3 Å². The van der Waals surface area contributed by atoms with Gasteiger partial charge >= 0.3 is 0 Å². The van der Waals surface area contributed by atoms with E-state index >= 15 is 0 Å². The van der Waals surface area contributed by atoms with Crippen molar-refractivity contribution in [1.82, 2.24) is 19.9 Å². The number of rotatable bonds is 3. The Morgan fingerprint density at radius 1 is 0.500 bits per heavy atom. The molecule has 0 radical (unpaired) electrons. The van der Waals surface area contributed by atoms with E-state index in [1.165, 1.54) is 0 Å². The fraction of sp³-hybridized carbons (Fsp3) is 0. The van der Waals surface area contributed by atoms with E-state index in [9.17, 15) is 0 Å². The van der Waals surface area contributed by atoms with Crippen LogP contribution in [0.25, 0.3) is 53.0 Å². The first-order valence-electron chi connectivity index (χ1n) is 9.49. The molecule has 6 rings (SSSR count). The van der Waals surface area contributed by atoms with Crippen molar-refractivity contribution in [3.63, 3.8) is 0 Å². The largest absolute Gasteiger partial charge is 0.254 e. The quantitative estimate of drug-likeness (QED) is 0.318. The number of pyridine rings is 2. The van der Waals surface area contributed by atoms with Crippen molar-refractivity contribution in [2.75, 3.05) is 0 Å². The van der Waals surface area contributed by atoms with Crippen LogP contribution < -0.4 is 0 Å². The summed E-state index contributed by atoms with van der Waals surface area (Å²) in [6.07, 6.45) is 3.62. The van der Waals surface area contributed by atoms with Gasteiger partial charge in [-0.25, -0.2) is 9.97 Å². The van der Waals surface area contributed by atoms with Crippen LogP contribution in [0.2, 0.25) is 0 Å². The monoisotopic (exact) mass is 422 g/mol. The van der Waals surface area contributed by atoms with Gasteiger partial charge < -0.3 is 0 Å². The Morgan fingerprint density at radius 3 is 1.43 bits per heavy atom. The molecule has 0 atom stereocenters. The second kappa shape index (κ2) is 7.09. The van der Waals surface area contributed by atoms with Crippen molar-refractivity contribution in [3.05, 3.63) is 85.2 Å². The summed E-state index contributed by atoms with van der Waals surface area (Å²) in [5, 5.41) is 1.89. The normalized spacial score (nSPS) is 11.3. The Balaban J connectivity index is 1.56. The predicted molar refractivity (Wildman–Crippen MR) is 125 cm³/mol. The number of para-hydroxylation sites is 2. The van der Waals surface area contributed by atoms with Gasteiger partial charge in [-0.2, -0.15) is 0 Å². The molecule has 0 amide bonds. The highest BCUT2D eigenvalue weighted by molar-refractivity contribution is 7.22. The van der Waals surface area contributed by atoms with E-state index in [1.54, 1.807) is 22.7 Å². The topological polar surface area (TPSA) is 51.6 Å². The van der Waals surface area contributed by atoms with Crippen LogP contribution in [0, 0.1) is 0 Å². The first-order valence-corrected chi connectivity index (χ1v) is 11.1. The molecule has 0 aliphatic heterocycles. The van der Waals surface area contributed by atoms with Gasteiger partial charge in [0.2, 0.25) is 0 Å². The van der Waals surface area contributed by atoms with Crippen molar-refractivity contribution in [2.45, 2.75) is 0 Å². The molecule has 4 heterocycles. The molecule has 6 aromatic rings. The molecule has 0 saturated carbocycles. The maximum atomic E-state index is 4.84. The third-order valence-electron chi connectivity index (χ3n) is 4.89. The van der Waals surface area contributed by atoms with Gasteiger partial charge in [0.05, 0.1) is 31.8 Å². The van der Waals surface area contributed by atoms with Gasteiger partial charge in [-0.3, -0.25) is 9.97 Å². The third-order valence-corrected chi connectivity index (χ3v) is 7.03. The summed E-state index contributed by atoms with van der Waals surface area (Å²) in [5.41, 5.74) is 5.62. The Kier molecular flexibility index (Phi) is 4.11. The average molecular weight is 423 g/mol. The number of hydrogen-bond acceptors (Lipinski definition) is 6. The summed E-state index contributed by atoms with van der Waals surface area (Å²) in [4.78, 5) is 19.1. The van der Waals surface area contributed by atoms with Crippen molar-refractivity contribution < 1.29 is 0 Å². The van der Waals surface area contributed by atoms with Gasteiger partial charge in [-0.15, -0.1) is 22.7 Å². The number of hydrogen-bond donors (Lipinski definition) is 0. The van der Waals surface area contributed by atoms with Crippen LogP contribution in [-0.2, 0) is 0 Å². The van der Waals surface area contributed by atoms with Crippen LogP contribution in [0.3, 0.4) is 0 Å². The fourth-order valence-electron chi connectivity index (χ4n) is 3.51. The lowest BCUT2D eigenvalue weighted by atomic mass is 10.1. The molecular formula is C24H14N4S2. The Bertz CT molecular complexity index is 1330. The minimum atomic E-state index is 0.825. The lowest BCUT2D eigenvalue weighted by Gasteiger charge is -2.09. The van der Waals surface area contributed by atoms with Crippen molar-refractivity contribution in [2.24, 2.45) is 0 Å². The van der Waals surface area contributed by atoms with E-state index in [0.29, 0.717) is 0 Å². The van der Waals surface area contributed by atoms with Crippen LogP contribution in [0.15, 0.2) is 85.2 Å². The molecule has 0 aliphatic carbocycles. The minimum absolute atomic E-state index is 0.825. The van der Waals surface area contributed by atoms with Crippen LogP contribution >= 0.6 is 22.7 Å². The van der Waals surface area contributed by atoms with E-state index in [1.807, 2.05) is 60.9 Å². The molecule has 0 unspecified atom stereocenters. The zero-order chi connectivity index (χ0) is 19.9. The molecule has 0 saturated heterocycles. The van der Waals surface area contributed by atoms with Gasteiger partial charge in [0.1, 0.15) is 10.0 Å². The van der Waals surface area contributed by atoms with Crippen molar-refractivity contribution >= 4 is 43.1 Å². The SMILES string of the molecule is c1cnc(-c2ncccc2-c2nc3ccccc3s2)c(-c2nc3ccccc3s2)c1. The molecule has 30 heavy (non-hydrogen) atoms. The van der Waals surface area contributed by atoms with Gasteiger partial charge in [-0.05, 0) is 48.5 Å². The molecule has 2 aromatic carbocycles. The molecular weight excluding hydrogens is 408 g/mol. The smallest absolute Gasteiger partial charge is 0.126 e. The summed E-state index contributed by atoms with van der Waals surface area (Å²) in [6.45, 7) is 0. The van der Waals surface area contributed by atoms with Crippen LogP contribution in [0.5, 0.6) is 0 Å². The van der Waals surface area contributed by atoms with E-state index in [0.717, 1.165) is 53.0 Å². The van der Waals surface area contributed by atoms with Crippen LogP contribution in [-0.4, -0.2) is 19.9 Å². The van der Waals surface area contributed by atoms with E-state index in [-0.39, 0.29) is 0 Å². The second-order valence-corrected chi connectivity index (χ2v) is 8.83. The highest BCUT2D eigenvalue weighted by atomic mass is 32.1. The molecule has 6 heteroatoms. The van der Waals surface area contributed by atoms with Gasteiger partial charge in [0.15, 0.2) is 0 Å². The Hall–Kier alpha value is -3.48. The summed E-state index contributed by atoms with van der Waals surface area (Å²) in [6, 6.07) is 24.4. The molecule has 0 N–H and O–H groups in total. The van der Waals surface area contributed by atoms with Gasteiger partial charge in [0, 0.05) is 23.5 Å². The lowest BCUT2D eigenvalue weighted by Crippen LogP contribution is -1.94. The Labute approximate surface area is 180 Å². The summed E-state index contributed by atoms with van der Waals surface area (Å²) < 4.78 is 2.32. The zero-order valence-corrected chi connectivity index (χ0v) is 17.3. The standard InChI is InChI=1S/C24H14N4S2/c1-3-11-19-17(9-1)27-23(29-19)15-7-5-13-25-21(15)22-16(8-6-14-26-22)24-28-18-10-2-4-12-20(18)30-24/h1-14H. The number of fused-ring (bicyclic) bond motifs is 2. The first kappa shape index (κ1) is 17.4. The Morgan fingerprint density at radius 2 is 0.967 bits per heavy atom. The third kappa shape index (κ3) is 2.89. The predicted octanol–water partition coefficient (Wildman–Crippen LogP) is 6.70.